The van der Waals surface area contributed by atoms with E-state index in [1.54, 1.807) is 18.2 Å². The van der Waals surface area contributed by atoms with Gasteiger partial charge in [0.25, 0.3) is 0 Å². The topological polar surface area (TPSA) is 72.0 Å². The van der Waals surface area contributed by atoms with Crippen molar-refractivity contribution < 1.29 is 5.11 Å². The number of nitrogen functional groups attached to an aromatic ring is 1. The number of aromatic nitrogens is 2. The lowest BCUT2D eigenvalue weighted by Crippen LogP contribution is -2.11. The average molecular weight is 241 g/mol. The van der Waals surface area contributed by atoms with Crippen molar-refractivity contribution in [2.75, 3.05) is 5.73 Å². The molecule has 1 heterocycles. The van der Waals surface area contributed by atoms with Crippen LogP contribution in [-0.2, 0) is 12.8 Å². The highest BCUT2D eigenvalue weighted by Crippen LogP contribution is 2.27. The van der Waals surface area contributed by atoms with E-state index in [0.717, 1.165) is 42.5 Å². The zero-order chi connectivity index (χ0) is 12.5. The number of phenolic OH excluding ortho intramolecular Hbond substituents is 1. The fraction of sp³-hybridized carbons (Fsp3) is 0.286. The smallest absolute Gasteiger partial charge is 0.161 e. The number of hydrogen-bond donors (Lipinski definition) is 2. The highest BCUT2D eigenvalue weighted by Gasteiger charge is 2.16. The minimum absolute atomic E-state index is 0.215. The minimum atomic E-state index is 0.215. The average Bonchev–Trinajstić information content (AvgIpc) is 2.39. The fourth-order valence-electron chi connectivity index (χ4n) is 2.40. The van der Waals surface area contributed by atoms with Gasteiger partial charge in [-0.1, -0.05) is 12.1 Å². The van der Waals surface area contributed by atoms with Gasteiger partial charge in [-0.2, -0.15) is 0 Å². The molecule has 0 amide bonds. The Kier molecular flexibility index (Phi) is 2.63. The Balaban J connectivity index is 2.11. The van der Waals surface area contributed by atoms with Crippen LogP contribution in [0.3, 0.4) is 0 Å². The number of phenols is 1. The summed E-state index contributed by atoms with van der Waals surface area (Å²) < 4.78 is 0. The quantitative estimate of drug-likeness (QED) is 0.803. The first-order chi connectivity index (χ1) is 8.74. The van der Waals surface area contributed by atoms with Gasteiger partial charge in [0.15, 0.2) is 5.82 Å². The molecule has 0 aliphatic heterocycles. The molecule has 0 spiro atoms. The number of nitrogens with two attached hydrogens (primary N) is 1. The van der Waals surface area contributed by atoms with Crippen molar-refractivity contribution >= 4 is 5.82 Å². The van der Waals surface area contributed by atoms with Crippen molar-refractivity contribution in [3.8, 4) is 17.1 Å². The predicted octanol–water partition coefficient (Wildman–Crippen LogP) is 2.31. The summed E-state index contributed by atoms with van der Waals surface area (Å²) in [6.45, 7) is 0. The predicted molar refractivity (Wildman–Crippen MR) is 70.2 cm³/mol. The van der Waals surface area contributed by atoms with Crippen molar-refractivity contribution in [2.45, 2.75) is 25.7 Å². The van der Waals surface area contributed by atoms with Crippen molar-refractivity contribution in [3.63, 3.8) is 0 Å². The molecule has 3 rings (SSSR count). The van der Waals surface area contributed by atoms with Gasteiger partial charge in [0.1, 0.15) is 11.6 Å². The third kappa shape index (κ3) is 1.90. The zero-order valence-corrected chi connectivity index (χ0v) is 10.1. The monoisotopic (exact) mass is 241 g/mol. The van der Waals surface area contributed by atoms with Crippen LogP contribution in [-0.4, -0.2) is 15.1 Å². The van der Waals surface area contributed by atoms with Crippen molar-refractivity contribution in [1.82, 2.24) is 9.97 Å². The Morgan fingerprint density at radius 2 is 1.94 bits per heavy atom. The van der Waals surface area contributed by atoms with Gasteiger partial charge >= 0.3 is 0 Å². The third-order valence-corrected chi connectivity index (χ3v) is 3.32. The van der Waals surface area contributed by atoms with Crippen LogP contribution >= 0.6 is 0 Å². The Hall–Kier alpha value is -2.10. The van der Waals surface area contributed by atoms with Gasteiger partial charge in [-0.25, -0.2) is 9.97 Å². The molecule has 1 aliphatic carbocycles. The summed E-state index contributed by atoms with van der Waals surface area (Å²) >= 11 is 0. The standard InChI is InChI=1S/C14H15N3O/c15-13-11-6-1-2-7-12(11)16-14(17-13)9-4-3-5-10(18)8-9/h3-5,8,18H,1-2,6-7H2,(H2,15,16,17). The van der Waals surface area contributed by atoms with Gasteiger partial charge in [-0.05, 0) is 37.8 Å². The van der Waals surface area contributed by atoms with E-state index in [0.29, 0.717) is 11.6 Å². The lowest BCUT2D eigenvalue weighted by atomic mass is 9.96. The van der Waals surface area contributed by atoms with Gasteiger partial charge in [0.2, 0.25) is 0 Å². The number of rotatable bonds is 1. The largest absolute Gasteiger partial charge is 0.508 e. The lowest BCUT2D eigenvalue weighted by molar-refractivity contribution is 0.475. The molecule has 0 atom stereocenters. The molecule has 4 heteroatoms. The van der Waals surface area contributed by atoms with E-state index in [2.05, 4.69) is 9.97 Å². The molecule has 18 heavy (non-hydrogen) atoms. The summed E-state index contributed by atoms with van der Waals surface area (Å²) in [6.07, 6.45) is 4.25. The Morgan fingerprint density at radius 3 is 2.78 bits per heavy atom. The van der Waals surface area contributed by atoms with Gasteiger partial charge in [0.05, 0.1) is 0 Å². The molecule has 0 saturated heterocycles. The fourth-order valence-corrected chi connectivity index (χ4v) is 2.40. The van der Waals surface area contributed by atoms with Crippen LogP contribution < -0.4 is 5.73 Å². The first-order valence-electron chi connectivity index (χ1n) is 6.19. The molecule has 3 N–H and O–H groups in total. The summed E-state index contributed by atoms with van der Waals surface area (Å²) in [5, 5.41) is 9.50. The highest BCUT2D eigenvalue weighted by molar-refractivity contribution is 5.60. The second kappa shape index (κ2) is 4.29. The van der Waals surface area contributed by atoms with Gasteiger partial charge in [0, 0.05) is 16.8 Å². The Bertz CT molecular complexity index is 596. The van der Waals surface area contributed by atoms with E-state index in [4.69, 9.17) is 5.73 Å². The van der Waals surface area contributed by atoms with E-state index in [1.165, 1.54) is 0 Å². The molecule has 0 saturated carbocycles. The molecule has 1 aromatic heterocycles. The summed E-state index contributed by atoms with van der Waals surface area (Å²) in [4.78, 5) is 8.94. The molecule has 2 aromatic rings. The molecule has 92 valence electrons. The van der Waals surface area contributed by atoms with E-state index < -0.39 is 0 Å². The Labute approximate surface area is 106 Å². The number of hydrogen-bond acceptors (Lipinski definition) is 4. The first kappa shape index (κ1) is 11.0. The summed E-state index contributed by atoms with van der Waals surface area (Å²) in [5.41, 5.74) is 8.97. The van der Waals surface area contributed by atoms with Crippen LogP contribution in [0.1, 0.15) is 24.1 Å². The number of anilines is 1. The van der Waals surface area contributed by atoms with Crippen molar-refractivity contribution in [2.24, 2.45) is 0 Å². The maximum absolute atomic E-state index is 9.50. The van der Waals surface area contributed by atoms with Crippen molar-refractivity contribution in [1.29, 1.82) is 0 Å². The van der Waals surface area contributed by atoms with Gasteiger partial charge in [-0.15, -0.1) is 0 Å². The molecular weight excluding hydrogens is 226 g/mol. The van der Waals surface area contributed by atoms with Gasteiger partial charge < -0.3 is 10.8 Å². The molecule has 0 radical (unpaired) electrons. The summed E-state index contributed by atoms with van der Waals surface area (Å²) in [5.74, 6) is 1.40. The molecule has 1 aliphatic rings. The van der Waals surface area contributed by atoms with Crippen LogP contribution in [0.5, 0.6) is 5.75 Å². The van der Waals surface area contributed by atoms with E-state index in [1.807, 2.05) is 6.07 Å². The molecular formula is C14H15N3O. The minimum Gasteiger partial charge on any atom is -0.508 e. The number of nitrogens with zero attached hydrogens (tertiary/aromatic N) is 2. The maximum Gasteiger partial charge on any atom is 0.161 e. The number of aromatic hydroxyl groups is 1. The summed E-state index contributed by atoms with van der Waals surface area (Å²) in [7, 11) is 0. The van der Waals surface area contributed by atoms with Crippen LogP contribution in [0.25, 0.3) is 11.4 Å². The highest BCUT2D eigenvalue weighted by atomic mass is 16.3. The Morgan fingerprint density at radius 1 is 1.11 bits per heavy atom. The second-order valence-electron chi connectivity index (χ2n) is 4.62. The molecule has 0 bridgehead atoms. The van der Waals surface area contributed by atoms with E-state index in [9.17, 15) is 5.11 Å². The zero-order valence-electron chi connectivity index (χ0n) is 10.1. The lowest BCUT2D eigenvalue weighted by Gasteiger charge is -2.17. The van der Waals surface area contributed by atoms with E-state index >= 15 is 0 Å². The first-order valence-corrected chi connectivity index (χ1v) is 6.19. The van der Waals surface area contributed by atoms with E-state index in [-0.39, 0.29) is 5.75 Å². The van der Waals surface area contributed by atoms with Crippen LogP contribution in [0.15, 0.2) is 24.3 Å². The van der Waals surface area contributed by atoms with Gasteiger partial charge in [-0.3, -0.25) is 0 Å². The SMILES string of the molecule is Nc1nc(-c2cccc(O)c2)nc2c1CCCC2. The molecule has 0 unspecified atom stereocenters. The van der Waals surface area contributed by atoms with Crippen LogP contribution in [0.4, 0.5) is 5.82 Å². The number of aryl methyl sites for hydroxylation is 1. The molecule has 0 fully saturated rings. The van der Waals surface area contributed by atoms with Crippen LogP contribution in [0, 0.1) is 0 Å². The number of fused-ring (bicyclic) bond motifs is 1. The van der Waals surface area contributed by atoms with Crippen LogP contribution in [0.2, 0.25) is 0 Å². The third-order valence-electron chi connectivity index (χ3n) is 3.32. The van der Waals surface area contributed by atoms with Crippen molar-refractivity contribution in [3.05, 3.63) is 35.5 Å². The second-order valence-corrected chi connectivity index (χ2v) is 4.62. The molecule has 1 aromatic carbocycles. The summed E-state index contributed by atoms with van der Waals surface area (Å²) in [6, 6.07) is 6.95. The number of benzene rings is 1. The normalized spacial score (nSPS) is 14.2. The maximum atomic E-state index is 9.50. The molecule has 4 nitrogen and oxygen atoms in total.